The van der Waals surface area contributed by atoms with Crippen LogP contribution >= 0.6 is 0 Å². The van der Waals surface area contributed by atoms with Gasteiger partial charge in [0, 0.05) is 19.0 Å². The number of fused-ring (bicyclic) bond motifs is 1. The first kappa shape index (κ1) is 26.7. The molecule has 0 atom stereocenters. The minimum absolute atomic E-state index is 0.00376. The van der Waals surface area contributed by atoms with Gasteiger partial charge in [0.25, 0.3) is 21.8 Å². The van der Waals surface area contributed by atoms with Crippen LogP contribution in [0.5, 0.6) is 5.75 Å². The highest BCUT2D eigenvalue weighted by atomic mass is 32.2. The molecule has 3 N–H and O–H groups in total. The summed E-state index contributed by atoms with van der Waals surface area (Å²) in [6.07, 6.45) is 0.526. The van der Waals surface area contributed by atoms with Gasteiger partial charge in [-0.05, 0) is 61.4 Å². The SMILES string of the molecule is Cc1cccc(C(=O)NO)c1N(C)S(=O)(=O)c1ccc(OCCCNC(=O)c2cc3ccccc3o2)cc1. The number of sulfonamides is 1. The lowest BCUT2D eigenvalue weighted by Gasteiger charge is -2.23. The smallest absolute Gasteiger partial charge is 0.287 e. The van der Waals surface area contributed by atoms with Crippen LogP contribution in [0.3, 0.4) is 0 Å². The quantitative estimate of drug-likeness (QED) is 0.159. The molecule has 3 aromatic carbocycles. The number of aryl methyl sites for hydroxylation is 1. The summed E-state index contributed by atoms with van der Waals surface area (Å²) in [5.74, 6) is -0.424. The zero-order valence-corrected chi connectivity index (χ0v) is 21.6. The van der Waals surface area contributed by atoms with Crippen LogP contribution in [0.15, 0.2) is 82.1 Å². The predicted molar refractivity (Wildman–Crippen MR) is 141 cm³/mol. The number of carbonyl (C=O) groups excluding carboxylic acids is 2. The number of ether oxygens (including phenoxy) is 1. The number of nitrogens with one attached hydrogen (secondary N) is 2. The van der Waals surface area contributed by atoms with Gasteiger partial charge in [-0.25, -0.2) is 13.9 Å². The number of carbonyl (C=O) groups is 2. The molecule has 10 nitrogen and oxygen atoms in total. The third-order valence-corrected chi connectivity index (χ3v) is 7.68. The molecule has 0 aliphatic heterocycles. The van der Waals surface area contributed by atoms with Gasteiger partial charge in [0.2, 0.25) is 0 Å². The lowest BCUT2D eigenvalue weighted by Crippen LogP contribution is -2.30. The molecule has 2 amide bonds. The van der Waals surface area contributed by atoms with E-state index < -0.39 is 15.9 Å². The van der Waals surface area contributed by atoms with Crippen molar-refractivity contribution in [3.63, 3.8) is 0 Å². The van der Waals surface area contributed by atoms with E-state index in [1.807, 2.05) is 18.2 Å². The molecule has 198 valence electrons. The number of nitrogens with zero attached hydrogens (tertiary/aromatic N) is 1. The molecule has 0 aliphatic carbocycles. The summed E-state index contributed by atoms with van der Waals surface area (Å²) >= 11 is 0. The Bertz CT molecular complexity index is 1530. The van der Waals surface area contributed by atoms with Gasteiger partial charge in [-0.3, -0.25) is 19.1 Å². The fraction of sp³-hybridized carbons (Fsp3) is 0.185. The van der Waals surface area contributed by atoms with E-state index in [9.17, 15) is 18.0 Å². The minimum atomic E-state index is -4.01. The van der Waals surface area contributed by atoms with Crippen LogP contribution in [0.25, 0.3) is 11.0 Å². The van der Waals surface area contributed by atoms with Crippen LogP contribution in [0, 0.1) is 6.92 Å². The number of hydrogen-bond acceptors (Lipinski definition) is 7. The predicted octanol–water partition coefficient (Wildman–Crippen LogP) is 3.88. The van der Waals surface area contributed by atoms with E-state index in [2.05, 4.69) is 5.32 Å². The molecule has 0 saturated carbocycles. The number of amides is 2. The van der Waals surface area contributed by atoms with E-state index in [1.165, 1.54) is 37.4 Å². The first-order valence-electron chi connectivity index (χ1n) is 11.7. The Morgan fingerprint density at radius 3 is 2.45 bits per heavy atom. The molecule has 0 saturated heterocycles. The van der Waals surface area contributed by atoms with Crippen LogP contribution in [-0.4, -0.2) is 45.6 Å². The van der Waals surface area contributed by atoms with Gasteiger partial charge in [-0.2, -0.15) is 0 Å². The lowest BCUT2D eigenvalue weighted by atomic mass is 10.1. The molecular formula is C27H27N3O7S. The summed E-state index contributed by atoms with van der Waals surface area (Å²) in [7, 11) is -2.67. The van der Waals surface area contributed by atoms with E-state index in [0.717, 1.165) is 9.69 Å². The molecule has 1 heterocycles. The summed E-state index contributed by atoms with van der Waals surface area (Å²) < 4.78 is 38.7. The third kappa shape index (κ3) is 5.63. The average Bonchev–Trinajstić information content (AvgIpc) is 3.36. The van der Waals surface area contributed by atoms with Gasteiger partial charge in [-0.15, -0.1) is 0 Å². The van der Waals surface area contributed by atoms with Gasteiger partial charge in [-0.1, -0.05) is 30.3 Å². The van der Waals surface area contributed by atoms with Crippen molar-refractivity contribution in [2.75, 3.05) is 24.5 Å². The molecule has 0 aliphatic rings. The first-order valence-corrected chi connectivity index (χ1v) is 13.2. The average molecular weight is 538 g/mol. The number of hydrogen-bond donors (Lipinski definition) is 3. The normalized spacial score (nSPS) is 11.2. The molecule has 38 heavy (non-hydrogen) atoms. The topological polar surface area (TPSA) is 138 Å². The Morgan fingerprint density at radius 1 is 1.00 bits per heavy atom. The van der Waals surface area contributed by atoms with Crippen LogP contribution in [0.1, 0.15) is 32.9 Å². The number of anilines is 1. The van der Waals surface area contributed by atoms with Gasteiger partial charge < -0.3 is 14.5 Å². The van der Waals surface area contributed by atoms with Crippen molar-refractivity contribution in [3.8, 4) is 5.75 Å². The van der Waals surface area contributed by atoms with Crippen molar-refractivity contribution in [2.45, 2.75) is 18.2 Å². The molecule has 0 bridgehead atoms. The van der Waals surface area contributed by atoms with E-state index in [4.69, 9.17) is 14.4 Å². The zero-order chi connectivity index (χ0) is 27.3. The maximum absolute atomic E-state index is 13.2. The van der Waals surface area contributed by atoms with Crippen molar-refractivity contribution >= 4 is 38.5 Å². The maximum atomic E-state index is 13.2. The first-order chi connectivity index (χ1) is 18.2. The monoisotopic (exact) mass is 537 g/mol. The van der Waals surface area contributed by atoms with E-state index in [0.29, 0.717) is 36.5 Å². The van der Waals surface area contributed by atoms with Crippen molar-refractivity contribution < 1.29 is 32.4 Å². The highest BCUT2D eigenvalue weighted by molar-refractivity contribution is 7.92. The maximum Gasteiger partial charge on any atom is 0.287 e. The van der Waals surface area contributed by atoms with Crippen molar-refractivity contribution in [2.24, 2.45) is 0 Å². The largest absolute Gasteiger partial charge is 0.494 e. The minimum Gasteiger partial charge on any atom is -0.494 e. The second-order valence-corrected chi connectivity index (χ2v) is 10.4. The molecular weight excluding hydrogens is 510 g/mol. The van der Waals surface area contributed by atoms with Gasteiger partial charge in [0.15, 0.2) is 5.76 Å². The van der Waals surface area contributed by atoms with Crippen molar-refractivity contribution in [1.29, 1.82) is 0 Å². The molecule has 0 unspecified atom stereocenters. The molecule has 4 rings (SSSR count). The van der Waals surface area contributed by atoms with E-state index >= 15 is 0 Å². The van der Waals surface area contributed by atoms with E-state index in [1.54, 1.807) is 36.7 Å². The van der Waals surface area contributed by atoms with Gasteiger partial charge >= 0.3 is 0 Å². The fourth-order valence-electron chi connectivity index (χ4n) is 3.95. The second-order valence-electron chi connectivity index (χ2n) is 8.46. The summed E-state index contributed by atoms with van der Waals surface area (Å²) in [4.78, 5) is 24.4. The van der Waals surface area contributed by atoms with Crippen molar-refractivity contribution in [1.82, 2.24) is 10.8 Å². The number of benzene rings is 3. The summed E-state index contributed by atoms with van der Waals surface area (Å²) in [6, 6.07) is 19.7. The Balaban J connectivity index is 1.32. The van der Waals surface area contributed by atoms with Crippen LogP contribution < -0.4 is 19.8 Å². The number of furan rings is 1. The van der Waals surface area contributed by atoms with Gasteiger partial charge in [0.1, 0.15) is 11.3 Å². The van der Waals surface area contributed by atoms with Gasteiger partial charge in [0.05, 0.1) is 22.8 Å². The second kappa shape index (κ2) is 11.4. The Morgan fingerprint density at radius 2 is 1.74 bits per heavy atom. The van der Waals surface area contributed by atoms with Crippen molar-refractivity contribution in [3.05, 3.63) is 89.7 Å². The Hall–Kier alpha value is -4.35. The molecule has 0 radical (unpaired) electrons. The Kier molecular flexibility index (Phi) is 7.99. The van der Waals surface area contributed by atoms with E-state index in [-0.39, 0.29) is 27.8 Å². The molecule has 0 fully saturated rings. The Labute approximate surface area is 219 Å². The molecule has 0 spiro atoms. The number of para-hydroxylation sites is 2. The fourth-order valence-corrected chi connectivity index (χ4v) is 5.23. The highest BCUT2D eigenvalue weighted by Gasteiger charge is 2.26. The van der Waals surface area contributed by atoms with Crippen LogP contribution in [0.2, 0.25) is 0 Å². The molecule has 1 aromatic heterocycles. The summed E-state index contributed by atoms with van der Waals surface area (Å²) in [5, 5.41) is 12.7. The third-order valence-electron chi connectivity index (χ3n) is 5.91. The van der Waals surface area contributed by atoms with Crippen LogP contribution in [-0.2, 0) is 10.0 Å². The summed E-state index contributed by atoms with van der Waals surface area (Å²) in [6.45, 7) is 2.34. The zero-order valence-electron chi connectivity index (χ0n) is 20.8. The highest BCUT2D eigenvalue weighted by Crippen LogP contribution is 2.30. The lowest BCUT2D eigenvalue weighted by molar-refractivity contribution is 0.0707. The summed E-state index contributed by atoms with van der Waals surface area (Å²) in [5.41, 5.74) is 2.91. The standard InChI is InChI=1S/C27H27N3O7S/c1-18-7-5-9-22(26(31)29-33)25(18)30(2)38(34,35)21-13-11-20(12-14-21)36-16-6-15-28-27(32)24-17-19-8-3-4-10-23(19)37-24/h3-5,7-14,17,33H,6,15-16H2,1-2H3,(H,28,32)(H,29,31). The van der Waals surface area contributed by atoms with Crippen LogP contribution in [0.4, 0.5) is 5.69 Å². The molecule has 11 heteroatoms. The molecule has 4 aromatic rings. The number of hydroxylamine groups is 1. The number of rotatable bonds is 10.